The number of aromatic nitrogens is 2. The van der Waals surface area contributed by atoms with Gasteiger partial charge in [0.25, 0.3) is 11.5 Å². The summed E-state index contributed by atoms with van der Waals surface area (Å²) in [7, 11) is 0. The van der Waals surface area contributed by atoms with Gasteiger partial charge in [0.1, 0.15) is 5.82 Å². The maximum absolute atomic E-state index is 12.9. The lowest BCUT2D eigenvalue weighted by atomic mass is 10.1. The molecular formula is C20H20FN3O2. The van der Waals surface area contributed by atoms with Crippen molar-refractivity contribution in [3.8, 4) is 0 Å². The largest absolute Gasteiger partial charge is 0.350 e. The van der Waals surface area contributed by atoms with Gasteiger partial charge >= 0.3 is 0 Å². The van der Waals surface area contributed by atoms with E-state index in [-0.39, 0.29) is 29.0 Å². The van der Waals surface area contributed by atoms with E-state index in [9.17, 15) is 14.0 Å². The Morgan fingerprint density at radius 3 is 2.42 bits per heavy atom. The molecule has 5 nitrogen and oxygen atoms in total. The zero-order chi connectivity index (χ0) is 18.7. The molecule has 3 aromatic rings. The minimum atomic E-state index is -0.335. The summed E-state index contributed by atoms with van der Waals surface area (Å²) in [5.41, 5.74) is 0.947. The van der Waals surface area contributed by atoms with Crippen molar-refractivity contribution >= 4 is 16.7 Å². The zero-order valence-corrected chi connectivity index (χ0v) is 14.7. The topological polar surface area (TPSA) is 64.0 Å². The molecule has 2 aromatic carbocycles. The number of carbonyl (C=O) groups is 1. The Morgan fingerprint density at radius 1 is 1.12 bits per heavy atom. The second-order valence-electron chi connectivity index (χ2n) is 6.37. The van der Waals surface area contributed by atoms with Crippen LogP contribution in [-0.2, 0) is 6.42 Å². The van der Waals surface area contributed by atoms with Crippen molar-refractivity contribution in [2.45, 2.75) is 26.3 Å². The molecule has 0 aliphatic carbocycles. The molecule has 0 bridgehead atoms. The SMILES string of the molecule is CC(C)n1nc(C(=O)NCCc2ccc(F)cc2)c2ccccc2c1=O. The van der Waals surface area contributed by atoms with Gasteiger partial charge in [0, 0.05) is 11.9 Å². The average Bonchev–Trinajstić information content (AvgIpc) is 2.63. The molecule has 26 heavy (non-hydrogen) atoms. The second kappa shape index (κ2) is 7.47. The summed E-state index contributed by atoms with van der Waals surface area (Å²) in [5.74, 6) is -0.623. The van der Waals surface area contributed by atoms with Crippen LogP contribution >= 0.6 is 0 Å². The highest BCUT2D eigenvalue weighted by atomic mass is 19.1. The van der Waals surface area contributed by atoms with Crippen molar-refractivity contribution in [3.05, 3.63) is 76.0 Å². The fourth-order valence-corrected chi connectivity index (χ4v) is 2.78. The van der Waals surface area contributed by atoms with E-state index in [1.54, 1.807) is 36.4 Å². The molecule has 6 heteroatoms. The van der Waals surface area contributed by atoms with Crippen LogP contribution in [0, 0.1) is 5.82 Å². The van der Waals surface area contributed by atoms with Crippen molar-refractivity contribution in [2.75, 3.05) is 6.54 Å². The number of rotatable bonds is 5. The van der Waals surface area contributed by atoms with Gasteiger partial charge in [-0.3, -0.25) is 9.59 Å². The van der Waals surface area contributed by atoms with E-state index in [4.69, 9.17) is 0 Å². The molecule has 0 radical (unpaired) electrons. The molecule has 1 aromatic heterocycles. The number of nitrogens with zero attached hydrogens (tertiary/aromatic N) is 2. The van der Waals surface area contributed by atoms with Crippen LogP contribution in [0.3, 0.4) is 0 Å². The van der Waals surface area contributed by atoms with Crippen molar-refractivity contribution in [2.24, 2.45) is 0 Å². The monoisotopic (exact) mass is 353 g/mol. The van der Waals surface area contributed by atoms with Gasteiger partial charge in [-0.05, 0) is 44.0 Å². The van der Waals surface area contributed by atoms with Crippen LogP contribution in [-0.4, -0.2) is 22.2 Å². The lowest BCUT2D eigenvalue weighted by Crippen LogP contribution is -2.32. The predicted molar refractivity (Wildman–Crippen MR) is 98.8 cm³/mol. The maximum Gasteiger partial charge on any atom is 0.274 e. The number of nitrogens with one attached hydrogen (secondary N) is 1. The number of fused-ring (bicyclic) bond motifs is 1. The first kappa shape index (κ1) is 17.8. The molecule has 1 heterocycles. The Bertz CT molecular complexity index is 994. The quantitative estimate of drug-likeness (QED) is 0.767. The zero-order valence-electron chi connectivity index (χ0n) is 14.7. The number of halogens is 1. The number of hydrogen-bond donors (Lipinski definition) is 1. The summed E-state index contributed by atoms with van der Waals surface area (Å²) < 4.78 is 14.3. The van der Waals surface area contributed by atoms with E-state index in [2.05, 4.69) is 10.4 Å². The summed E-state index contributed by atoms with van der Waals surface area (Å²) in [6, 6.07) is 13.0. The number of amides is 1. The third-order valence-electron chi connectivity index (χ3n) is 4.15. The Hall–Kier alpha value is -3.02. The molecule has 0 aliphatic rings. The van der Waals surface area contributed by atoms with Crippen LogP contribution in [0.1, 0.15) is 35.9 Å². The fraction of sp³-hybridized carbons (Fsp3) is 0.250. The molecule has 0 saturated carbocycles. The van der Waals surface area contributed by atoms with Gasteiger partial charge in [-0.25, -0.2) is 9.07 Å². The highest BCUT2D eigenvalue weighted by Gasteiger charge is 2.17. The maximum atomic E-state index is 12.9. The van der Waals surface area contributed by atoms with Crippen LogP contribution < -0.4 is 10.9 Å². The van der Waals surface area contributed by atoms with E-state index in [1.165, 1.54) is 16.8 Å². The number of hydrogen-bond acceptors (Lipinski definition) is 3. The lowest BCUT2D eigenvalue weighted by Gasteiger charge is -2.13. The van der Waals surface area contributed by atoms with Gasteiger partial charge in [-0.1, -0.05) is 30.3 Å². The molecule has 1 N–H and O–H groups in total. The fourth-order valence-electron chi connectivity index (χ4n) is 2.78. The van der Waals surface area contributed by atoms with E-state index in [1.807, 2.05) is 13.8 Å². The van der Waals surface area contributed by atoms with Gasteiger partial charge in [0.15, 0.2) is 5.69 Å². The Balaban J connectivity index is 1.84. The molecule has 0 spiro atoms. The molecule has 0 fully saturated rings. The summed E-state index contributed by atoms with van der Waals surface area (Å²) in [6.07, 6.45) is 0.577. The minimum Gasteiger partial charge on any atom is -0.350 e. The molecule has 1 amide bonds. The Morgan fingerprint density at radius 2 is 1.77 bits per heavy atom. The second-order valence-corrected chi connectivity index (χ2v) is 6.37. The van der Waals surface area contributed by atoms with E-state index in [0.29, 0.717) is 23.7 Å². The number of benzene rings is 2. The molecule has 0 saturated heterocycles. The van der Waals surface area contributed by atoms with Gasteiger partial charge < -0.3 is 5.32 Å². The van der Waals surface area contributed by atoms with E-state index < -0.39 is 0 Å². The average molecular weight is 353 g/mol. The normalized spacial score (nSPS) is 11.1. The summed E-state index contributed by atoms with van der Waals surface area (Å²) >= 11 is 0. The third-order valence-corrected chi connectivity index (χ3v) is 4.15. The smallest absolute Gasteiger partial charge is 0.274 e. The van der Waals surface area contributed by atoms with Crippen molar-refractivity contribution in [1.29, 1.82) is 0 Å². The Kier molecular flexibility index (Phi) is 5.11. The molecule has 3 rings (SSSR count). The van der Waals surface area contributed by atoms with E-state index >= 15 is 0 Å². The minimum absolute atomic E-state index is 0.155. The Labute approximate surface area is 150 Å². The standard InChI is InChI=1S/C20H20FN3O2/c1-13(2)24-20(26)17-6-4-3-5-16(17)18(23-24)19(25)22-12-11-14-7-9-15(21)10-8-14/h3-10,13H,11-12H2,1-2H3,(H,22,25). The first-order valence-corrected chi connectivity index (χ1v) is 8.51. The molecule has 0 atom stereocenters. The van der Waals surface area contributed by atoms with Crippen molar-refractivity contribution < 1.29 is 9.18 Å². The van der Waals surface area contributed by atoms with Crippen LogP contribution in [0.15, 0.2) is 53.3 Å². The highest BCUT2D eigenvalue weighted by Crippen LogP contribution is 2.14. The first-order chi connectivity index (χ1) is 12.5. The van der Waals surface area contributed by atoms with Crippen LogP contribution in [0.25, 0.3) is 10.8 Å². The van der Waals surface area contributed by atoms with Crippen molar-refractivity contribution in [3.63, 3.8) is 0 Å². The molecule has 0 unspecified atom stereocenters. The molecule has 134 valence electrons. The van der Waals surface area contributed by atoms with Crippen LogP contribution in [0.5, 0.6) is 0 Å². The first-order valence-electron chi connectivity index (χ1n) is 8.51. The van der Waals surface area contributed by atoms with Crippen LogP contribution in [0.4, 0.5) is 4.39 Å². The predicted octanol–water partition coefficient (Wildman–Crippen LogP) is 3.09. The lowest BCUT2D eigenvalue weighted by molar-refractivity contribution is 0.0948. The van der Waals surface area contributed by atoms with Gasteiger partial charge in [-0.15, -0.1) is 0 Å². The van der Waals surface area contributed by atoms with Gasteiger partial charge in [0.2, 0.25) is 0 Å². The molecular weight excluding hydrogens is 333 g/mol. The summed E-state index contributed by atoms with van der Waals surface area (Å²) in [6.45, 7) is 4.08. The van der Waals surface area contributed by atoms with Crippen LogP contribution in [0.2, 0.25) is 0 Å². The third kappa shape index (κ3) is 3.64. The summed E-state index contributed by atoms with van der Waals surface area (Å²) in [4.78, 5) is 25.1. The van der Waals surface area contributed by atoms with Gasteiger partial charge in [0.05, 0.1) is 11.4 Å². The van der Waals surface area contributed by atoms with E-state index in [0.717, 1.165) is 5.56 Å². The summed E-state index contributed by atoms with van der Waals surface area (Å²) in [5, 5.41) is 8.12. The van der Waals surface area contributed by atoms with Gasteiger partial charge in [-0.2, -0.15) is 5.10 Å². The van der Waals surface area contributed by atoms with Crippen molar-refractivity contribution in [1.82, 2.24) is 15.1 Å². The highest BCUT2D eigenvalue weighted by molar-refractivity contribution is 6.04. The number of carbonyl (C=O) groups excluding carboxylic acids is 1. The molecule has 0 aliphatic heterocycles.